The SMILES string of the molecule is O=C=O.[C-]#[N+]c1ccc(N2C(=O)O[C@@H](C)[C@@H]2C)c(C)c1C(F)(F)F.[C-]#[N+]c1ccc(N2C(=O)O[C@@H](C)[C@@H]2CO)c(C)c1C(F)(F)F. The maximum absolute atomic E-state index is 13.2. The number of alkyl halides is 6. The molecule has 46 heavy (non-hydrogen) atoms. The van der Waals surface area contributed by atoms with Crippen molar-refractivity contribution in [3.8, 4) is 0 Å². The first kappa shape index (κ1) is 37.1. The molecule has 2 aliphatic rings. The lowest BCUT2D eigenvalue weighted by molar-refractivity contribution is -0.191. The molecule has 4 atom stereocenters. The molecule has 0 radical (unpaired) electrons. The molecule has 2 aromatic rings. The largest absolute Gasteiger partial charge is 0.444 e. The Kier molecular flexibility index (Phi) is 11.5. The third-order valence-corrected chi connectivity index (χ3v) is 7.27. The first-order valence-electron chi connectivity index (χ1n) is 13.1. The van der Waals surface area contributed by atoms with Gasteiger partial charge in [-0.1, -0.05) is 12.1 Å². The van der Waals surface area contributed by atoms with E-state index in [1.807, 2.05) is 0 Å². The number of carbonyl (C=O) groups is 2. The van der Waals surface area contributed by atoms with E-state index in [2.05, 4.69) is 9.69 Å². The zero-order chi connectivity index (χ0) is 35.3. The minimum absolute atomic E-state index is 0.0203. The average Bonchev–Trinajstić information content (AvgIpc) is 3.38. The average molecular weight is 657 g/mol. The zero-order valence-corrected chi connectivity index (χ0v) is 24.8. The van der Waals surface area contributed by atoms with Gasteiger partial charge < -0.3 is 14.6 Å². The lowest BCUT2D eigenvalue weighted by Gasteiger charge is -2.25. The molecule has 4 rings (SSSR count). The molecule has 0 saturated carbocycles. The fourth-order valence-corrected chi connectivity index (χ4v) is 4.95. The summed E-state index contributed by atoms with van der Waals surface area (Å²) in [6.07, 6.45) is -11.7. The van der Waals surface area contributed by atoms with Gasteiger partial charge in [-0.15, -0.1) is 0 Å². The molecule has 17 heteroatoms. The number of carbonyl (C=O) groups excluding carboxylic acids is 4. The maximum Gasteiger partial charge on any atom is 0.415 e. The fraction of sp³-hybridized carbons (Fsp3) is 0.414. The van der Waals surface area contributed by atoms with Gasteiger partial charge in [-0.3, -0.25) is 9.80 Å². The Labute approximate surface area is 258 Å². The van der Waals surface area contributed by atoms with E-state index in [9.17, 15) is 41.0 Å². The molecule has 0 bridgehead atoms. The molecular weight excluding hydrogens is 630 g/mol. The Morgan fingerprint density at radius 1 is 0.783 bits per heavy atom. The summed E-state index contributed by atoms with van der Waals surface area (Å²) >= 11 is 0. The van der Waals surface area contributed by atoms with Crippen molar-refractivity contribution in [2.45, 2.75) is 71.3 Å². The highest BCUT2D eigenvalue weighted by molar-refractivity contribution is 5.93. The van der Waals surface area contributed by atoms with Crippen LogP contribution in [0.3, 0.4) is 0 Å². The molecule has 246 valence electrons. The summed E-state index contributed by atoms with van der Waals surface area (Å²) in [5, 5.41) is 9.36. The van der Waals surface area contributed by atoms with Crippen molar-refractivity contribution in [2.75, 3.05) is 16.4 Å². The highest BCUT2D eigenvalue weighted by Crippen LogP contribution is 2.45. The van der Waals surface area contributed by atoms with Crippen LogP contribution in [-0.4, -0.2) is 54.3 Å². The Balaban J connectivity index is 0.000000295. The molecule has 0 aliphatic carbocycles. The molecule has 0 aromatic heterocycles. The topological polar surface area (TPSA) is 122 Å². The van der Waals surface area contributed by atoms with Gasteiger partial charge in [-0.25, -0.2) is 19.3 Å². The van der Waals surface area contributed by atoms with Crippen molar-refractivity contribution >= 4 is 41.1 Å². The zero-order valence-electron chi connectivity index (χ0n) is 24.8. The van der Waals surface area contributed by atoms with Crippen LogP contribution >= 0.6 is 0 Å². The standard InChI is InChI=1S/C14H13F3N2O3.C14H13F3N2O2.CO2/c1-7-10(19-11(6-20)8(2)22-13(19)21)5-4-9(18-3)12(7)14(15,16)17;1-7-11(19-8(2)9(3)21-13(19)20)6-5-10(18-4)12(7)14(15,16)17;2-1-3/h4-5,8,11,20H,6H2,1-2H3;5-6,8-9H,1-3H3;/t8-,11-;8-,9-;/m00./s1. The van der Waals surface area contributed by atoms with Gasteiger partial charge in [0.2, 0.25) is 0 Å². The monoisotopic (exact) mass is 656 g/mol. The lowest BCUT2D eigenvalue weighted by atomic mass is 10.0. The van der Waals surface area contributed by atoms with E-state index < -0.39 is 71.9 Å². The van der Waals surface area contributed by atoms with E-state index in [0.29, 0.717) is 0 Å². The quantitative estimate of drug-likeness (QED) is 0.279. The van der Waals surface area contributed by atoms with Crippen LogP contribution in [0.2, 0.25) is 0 Å². The Hall–Kier alpha value is -5.12. The van der Waals surface area contributed by atoms with Gasteiger partial charge in [0.25, 0.3) is 0 Å². The van der Waals surface area contributed by atoms with E-state index in [0.717, 1.165) is 17.0 Å². The number of aliphatic hydroxyl groups excluding tert-OH is 1. The molecule has 1 N–H and O–H groups in total. The number of hydrogen-bond acceptors (Lipinski definition) is 7. The Bertz CT molecular complexity index is 1610. The van der Waals surface area contributed by atoms with Crippen LogP contribution in [0.4, 0.5) is 58.7 Å². The molecule has 2 heterocycles. The first-order valence-corrected chi connectivity index (χ1v) is 13.1. The van der Waals surface area contributed by atoms with Gasteiger partial charge in [0.05, 0.1) is 36.9 Å². The van der Waals surface area contributed by atoms with Crippen LogP contribution in [0.15, 0.2) is 24.3 Å². The Morgan fingerprint density at radius 2 is 1.15 bits per heavy atom. The molecule has 2 aromatic carbocycles. The molecule has 0 unspecified atom stereocenters. The fourth-order valence-electron chi connectivity index (χ4n) is 4.95. The Morgan fingerprint density at radius 3 is 1.48 bits per heavy atom. The number of cyclic esters (lactones) is 2. The first-order chi connectivity index (χ1) is 21.3. The van der Waals surface area contributed by atoms with E-state index in [1.165, 1.54) is 30.9 Å². The highest BCUT2D eigenvalue weighted by Gasteiger charge is 2.44. The molecule has 11 nitrogen and oxygen atoms in total. The van der Waals surface area contributed by atoms with Crippen molar-refractivity contribution in [1.82, 2.24) is 0 Å². The number of hydrogen-bond donors (Lipinski definition) is 1. The summed E-state index contributed by atoms with van der Waals surface area (Å²) in [5.41, 5.74) is -3.38. The van der Waals surface area contributed by atoms with Crippen LogP contribution < -0.4 is 9.80 Å². The summed E-state index contributed by atoms with van der Waals surface area (Å²) in [6, 6.07) is 3.57. The number of ether oxygens (including phenoxy) is 2. The minimum Gasteiger partial charge on any atom is -0.444 e. The second-order valence-electron chi connectivity index (χ2n) is 9.92. The second-order valence-corrected chi connectivity index (χ2v) is 9.92. The number of aliphatic hydroxyl groups is 1. The van der Waals surface area contributed by atoms with Crippen LogP contribution in [0.5, 0.6) is 0 Å². The van der Waals surface area contributed by atoms with Crippen LogP contribution in [-0.2, 0) is 31.4 Å². The maximum atomic E-state index is 13.2. The van der Waals surface area contributed by atoms with Gasteiger partial charge in [0.1, 0.15) is 18.2 Å². The van der Waals surface area contributed by atoms with E-state index in [4.69, 9.17) is 32.2 Å². The van der Waals surface area contributed by atoms with E-state index in [-0.39, 0.29) is 34.7 Å². The van der Waals surface area contributed by atoms with Gasteiger partial charge in [-0.2, -0.15) is 35.9 Å². The summed E-state index contributed by atoms with van der Waals surface area (Å²) in [5.74, 6) is 0. The van der Waals surface area contributed by atoms with Gasteiger partial charge >= 0.3 is 30.7 Å². The third kappa shape index (κ3) is 7.39. The molecular formula is C29H26F6N4O7. The van der Waals surface area contributed by atoms with Crippen molar-refractivity contribution in [3.63, 3.8) is 0 Å². The molecule has 2 aliphatic heterocycles. The molecule has 2 saturated heterocycles. The third-order valence-electron chi connectivity index (χ3n) is 7.27. The molecule has 0 spiro atoms. The number of halogens is 6. The predicted octanol–water partition coefficient (Wildman–Crippen LogP) is 6.99. The number of amides is 2. The van der Waals surface area contributed by atoms with Crippen molar-refractivity contribution in [2.24, 2.45) is 0 Å². The summed E-state index contributed by atoms with van der Waals surface area (Å²) in [6.45, 7) is 20.7. The van der Waals surface area contributed by atoms with Crippen LogP contribution in [0, 0.1) is 27.0 Å². The van der Waals surface area contributed by atoms with Crippen molar-refractivity contribution < 1.29 is 60.1 Å². The van der Waals surface area contributed by atoms with Gasteiger partial charge in [0.15, 0.2) is 11.4 Å². The van der Waals surface area contributed by atoms with E-state index >= 15 is 0 Å². The number of benzene rings is 2. The number of anilines is 2. The van der Waals surface area contributed by atoms with Crippen molar-refractivity contribution in [1.29, 1.82) is 0 Å². The number of rotatable bonds is 3. The summed E-state index contributed by atoms with van der Waals surface area (Å²) < 4.78 is 89.0. The molecule has 2 fully saturated rings. The highest BCUT2D eigenvalue weighted by atomic mass is 19.4. The van der Waals surface area contributed by atoms with Crippen LogP contribution in [0.25, 0.3) is 9.69 Å². The van der Waals surface area contributed by atoms with Crippen LogP contribution in [0.1, 0.15) is 43.0 Å². The van der Waals surface area contributed by atoms with Gasteiger partial charge in [0, 0.05) is 11.4 Å². The lowest BCUT2D eigenvalue weighted by Crippen LogP contribution is -2.39. The molecule has 2 amide bonds. The normalized spacial score (nSPS) is 20.7. The summed E-state index contributed by atoms with van der Waals surface area (Å²) in [7, 11) is 0. The smallest absolute Gasteiger partial charge is 0.415 e. The van der Waals surface area contributed by atoms with Crippen molar-refractivity contribution in [3.05, 3.63) is 69.4 Å². The second kappa shape index (κ2) is 14.3. The van der Waals surface area contributed by atoms with E-state index in [1.54, 1.807) is 20.8 Å². The van der Waals surface area contributed by atoms with Gasteiger partial charge in [-0.05, 0) is 57.9 Å². The predicted molar refractivity (Wildman–Crippen MR) is 147 cm³/mol. The summed E-state index contributed by atoms with van der Waals surface area (Å²) in [4.78, 5) is 47.9. The minimum atomic E-state index is -4.72. The number of nitrogens with zero attached hydrogens (tertiary/aromatic N) is 4.